The Labute approximate surface area is 332 Å². The molecule has 0 aromatic heterocycles. The molecule has 8 atom stereocenters. The number of nitrogens with one attached hydrogen (secondary N) is 8. The van der Waals surface area contributed by atoms with Crippen LogP contribution >= 0.6 is 0 Å². The maximum absolute atomic E-state index is 14.0. The summed E-state index contributed by atoms with van der Waals surface area (Å²) < 4.78 is 0. The van der Waals surface area contributed by atoms with Crippen molar-refractivity contribution in [2.45, 2.75) is 96.6 Å². The molecule has 17 nitrogen and oxygen atoms in total. The first kappa shape index (κ1) is 45.5. The Morgan fingerprint density at radius 1 is 0.491 bits per heavy atom. The number of aliphatic hydroxyl groups excluding tert-OH is 1. The Hall–Kier alpha value is -5.84. The van der Waals surface area contributed by atoms with Crippen LogP contribution in [-0.4, -0.2) is 108 Å². The zero-order chi connectivity index (χ0) is 42.1. The summed E-state index contributed by atoms with van der Waals surface area (Å²) in [7, 11) is 0. The van der Waals surface area contributed by atoms with Gasteiger partial charge in [-0.3, -0.25) is 38.4 Å². The Morgan fingerprint density at radius 2 is 0.877 bits per heavy atom. The highest BCUT2D eigenvalue weighted by molar-refractivity contribution is 5.97. The summed E-state index contributed by atoms with van der Waals surface area (Å²) >= 11 is 0. The first-order valence-corrected chi connectivity index (χ1v) is 19.2. The lowest BCUT2D eigenvalue weighted by Gasteiger charge is -2.31. The van der Waals surface area contributed by atoms with Gasteiger partial charge in [-0.25, -0.2) is 0 Å². The van der Waals surface area contributed by atoms with E-state index in [0.717, 1.165) is 0 Å². The van der Waals surface area contributed by atoms with E-state index in [1.807, 2.05) is 6.92 Å². The number of amides is 8. The highest BCUT2D eigenvalue weighted by atomic mass is 16.3. The first-order valence-electron chi connectivity index (χ1n) is 19.2. The van der Waals surface area contributed by atoms with E-state index in [1.54, 1.807) is 81.4 Å². The minimum absolute atomic E-state index is 0.0281. The molecule has 0 radical (unpaired) electrons. The van der Waals surface area contributed by atoms with Crippen molar-refractivity contribution in [3.05, 3.63) is 71.8 Å². The number of benzene rings is 2. The molecule has 2 aromatic carbocycles. The van der Waals surface area contributed by atoms with Crippen LogP contribution < -0.4 is 42.5 Å². The lowest BCUT2D eigenvalue weighted by Crippen LogP contribution is -2.62. The summed E-state index contributed by atoms with van der Waals surface area (Å²) in [4.78, 5) is 107. The van der Waals surface area contributed by atoms with E-state index >= 15 is 0 Å². The fraction of sp³-hybridized carbons (Fsp3) is 0.500. The Balaban J connectivity index is 1.99. The van der Waals surface area contributed by atoms with E-state index in [4.69, 9.17) is 0 Å². The van der Waals surface area contributed by atoms with Crippen LogP contribution in [0.4, 0.5) is 0 Å². The van der Waals surface area contributed by atoms with Gasteiger partial charge in [0.25, 0.3) is 0 Å². The van der Waals surface area contributed by atoms with Crippen LogP contribution in [0.1, 0.15) is 58.6 Å². The molecule has 3 rings (SSSR count). The van der Waals surface area contributed by atoms with Crippen LogP contribution in [0.5, 0.6) is 0 Å². The number of rotatable bonds is 9. The third kappa shape index (κ3) is 14.6. The summed E-state index contributed by atoms with van der Waals surface area (Å²) in [5, 5.41) is 30.8. The monoisotopic (exact) mass is 792 g/mol. The van der Waals surface area contributed by atoms with Gasteiger partial charge in [-0.05, 0) is 29.9 Å². The maximum atomic E-state index is 14.0. The normalized spacial score (nSPS) is 24.4. The van der Waals surface area contributed by atoms with Gasteiger partial charge >= 0.3 is 0 Å². The van der Waals surface area contributed by atoms with Crippen molar-refractivity contribution in [2.75, 3.05) is 19.6 Å². The summed E-state index contributed by atoms with van der Waals surface area (Å²) in [6, 6.07) is 11.3. The van der Waals surface area contributed by atoms with Crippen LogP contribution in [0.15, 0.2) is 60.7 Å². The SMILES string of the molecule is CC[C@H](C)[C@@H]1NC(=O)[C@H]([C@@H](C)O)NC(=O)CNC(=O)CNC(=O)[C@H](Cc2ccccc2)NC(=O)CNC(=O)[C@H](Cc2ccccc2)NC(=O)[C@H]([C@@H](C)CC)NC1=O. The molecule has 310 valence electrons. The molecule has 9 N–H and O–H groups in total. The van der Waals surface area contributed by atoms with Crippen molar-refractivity contribution in [1.29, 1.82) is 0 Å². The third-order valence-corrected chi connectivity index (χ3v) is 9.81. The Kier molecular flexibility index (Phi) is 18.1. The molecule has 57 heavy (non-hydrogen) atoms. The molecule has 8 amide bonds. The van der Waals surface area contributed by atoms with Crippen LogP contribution in [0, 0.1) is 11.8 Å². The maximum Gasteiger partial charge on any atom is 0.245 e. The standard InChI is InChI=1S/C40H56N8O9/c1-6-23(3)33-38(55)45-29(19-27-16-12-9-13-17-27)37(54)43-22-31(51)44-28(18-26-14-10-8-11-15-26)36(53)42-20-30(50)41-21-32(52)46-35(25(5)49)40(57)48-34(24(4)7-2)39(56)47-33/h8-17,23-25,28-29,33-35,49H,6-7,18-22H2,1-5H3,(H,41,50)(H,42,53)(H,43,54)(H,44,51)(H,45,55)(H,46,52)(H,47,56)(H,48,57)/t23-,24-,25+,28-,29-,33-,34-,35-/m0/s1. The molecule has 0 unspecified atom stereocenters. The van der Waals surface area contributed by atoms with E-state index in [0.29, 0.717) is 24.0 Å². The minimum atomic E-state index is -1.53. The molecule has 17 heteroatoms. The summed E-state index contributed by atoms with van der Waals surface area (Å²) in [5.41, 5.74) is 1.39. The molecule has 1 aliphatic heterocycles. The van der Waals surface area contributed by atoms with E-state index in [2.05, 4.69) is 42.5 Å². The lowest BCUT2D eigenvalue weighted by atomic mass is 9.94. The van der Waals surface area contributed by atoms with Gasteiger partial charge in [0.05, 0.1) is 25.7 Å². The van der Waals surface area contributed by atoms with Gasteiger partial charge in [-0.1, -0.05) is 101 Å². The second-order valence-electron chi connectivity index (χ2n) is 14.3. The summed E-state index contributed by atoms with van der Waals surface area (Å²) in [6.45, 7) is 6.57. The molecule has 1 aliphatic rings. The van der Waals surface area contributed by atoms with Crippen molar-refractivity contribution >= 4 is 47.3 Å². The second kappa shape index (κ2) is 22.6. The zero-order valence-electron chi connectivity index (χ0n) is 33.1. The van der Waals surface area contributed by atoms with Gasteiger partial charge in [0.15, 0.2) is 0 Å². The van der Waals surface area contributed by atoms with Crippen molar-refractivity contribution < 1.29 is 43.5 Å². The predicted molar refractivity (Wildman–Crippen MR) is 210 cm³/mol. The summed E-state index contributed by atoms with van der Waals surface area (Å²) in [5.74, 6) is -6.95. The zero-order valence-corrected chi connectivity index (χ0v) is 33.1. The Morgan fingerprint density at radius 3 is 1.33 bits per heavy atom. The highest BCUT2D eigenvalue weighted by Crippen LogP contribution is 2.14. The molecule has 0 spiro atoms. The molecular formula is C40H56N8O9. The highest BCUT2D eigenvalue weighted by Gasteiger charge is 2.36. The number of carbonyl (C=O) groups excluding carboxylic acids is 8. The van der Waals surface area contributed by atoms with Crippen LogP contribution in [0.2, 0.25) is 0 Å². The number of carbonyl (C=O) groups is 8. The quantitative estimate of drug-likeness (QED) is 0.147. The predicted octanol–water partition coefficient (Wildman–Crippen LogP) is -1.27. The third-order valence-electron chi connectivity index (χ3n) is 9.81. The number of hydrogen-bond acceptors (Lipinski definition) is 9. The fourth-order valence-electron chi connectivity index (χ4n) is 5.97. The average Bonchev–Trinajstić information content (AvgIpc) is 3.20. The molecule has 0 aliphatic carbocycles. The molecular weight excluding hydrogens is 736 g/mol. The Bertz CT molecular complexity index is 1710. The largest absolute Gasteiger partial charge is 0.391 e. The smallest absolute Gasteiger partial charge is 0.245 e. The molecule has 0 bridgehead atoms. The average molecular weight is 793 g/mol. The number of hydrogen-bond donors (Lipinski definition) is 9. The van der Waals surface area contributed by atoms with Gasteiger partial charge < -0.3 is 47.6 Å². The van der Waals surface area contributed by atoms with Crippen LogP contribution in [-0.2, 0) is 51.2 Å². The molecule has 0 saturated carbocycles. The first-order chi connectivity index (χ1) is 27.1. The van der Waals surface area contributed by atoms with E-state index < -0.39 is 115 Å². The van der Waals surface area contributed by atoms with E-state index in [9.17, 15) is 43.5 Å². The molecule has 1 saturated heterocycles. The molecule has 1 fully saturated rings. The van der Waals surface area contributed by atoms with E-state index in [1.165, 1.54) is 6.92 Å². The minimum Gasteiger partial charge on any atom is -0.391 e. The second-order valence-corrected chi connectivity index (χ2v) is 14.3. The van der Waals surface area contributed by atoms with E-state index in [-0.39, 0.29) is 12.8 Å². The van der Waals surface area contributed by atoms with Crippen molar-refractivity contribution in [2.24, 2.45) is 11.8 Å². The van der Waals surface area contributed by atoms with Crippen molar-refractivity contribution in [1.82, 2.24) is 42.5 Å². The fourth-order valence-corrected chi connectivity index (χ4v) is 5.97. The van der Waals surface area contributed by atoms with Gasteiger partial charge in [0.2, 0.25) is 47.3 Å². The molecule has 2 aromatic rings. The van der Waals surface area contributed by atoms with Gasteiger partial charge in [0.1, 0.15) is 30.2 Å². The van der Waals surface area contributed by atoms with Crippen LogP contribution in [0.3, 0.4) is 0 Å². The van der Waals surface area contributed by atoms with Crippen molar-refractivity contribution in [3.8, 4) is 0 Å². The lowest BCUT2D eigenvalue weighted by molar-refractivity contribution is -0.137. The summed E-state index contributed by atoms with van der Waals surface area (Å²) in [6.07, 6.45) is -0.496. The van der Waals surface area contributed by atoms with Gasteiger partial charge in [-0.2, -0.15) is 0 Å². The number of aliphatic hydroxyl groups is 1. The molecule has 1 heterocycles. The van der Waals surface area contributed by atoms with Gasteiger partial charge in [-0.15, -0.1) is 0 Å². The van der Waals surface area contributed by atoms with Crippen LogP contribution in [0.25, 0.3) is 0 Å². The van der Waals surface area contributed by atoms with Gasteiger partial charge in [0, 0.05) is 12.8 Å². The topological polar surface area (TPSA) is 253 Å². The van der Waals surface area contributed by atoms with Crippen molar-refractivity contribution in [3.63, 3.8) is 0 Å².